The number of nitrogens with zero attached hydrogens (tertiary/aromatic N) is 3. The normalized spacial score (nSPS) is 17.0. The molecule has 1 aliphatic rings. The van der Waals surface area contributed by atoms with E-state index in [1.54, 1.807) is 18.5 Å². The molecule has 0 unspecified atom stereocenters. The van der Waals surface area contributed by atoms with Crippen molar-refractivity contribution in [3.05, 3.63) is 64.4 Å². The molecule has 1 amide bonds. The van der Waals surface area contributed by atoms with Gasteiger partial charge in [0.25, 0.3) is 12.4 Å². The molecule has 9 heteroatoms. The maximum Gasteiger partial charge on any atom is 0.290 e. The minimum absolute atomic E-state index is 0.220. The maximum absolute atomic E-state index is 12.9. The van der Waals surface area contributed by atoms with E-state index in [1.807, 2.05) is 31.2 Å². The largest absolute Gasteiger partial charge is 0.483 e. The lowest BCUT2D eigenvalue weighted by atomic mass is 10.1. The van der Waals surface area contributed by atoms with E-state index in [2.05, 4.69) is 20.3 Å². The minimum Gasteiger partial charge on any atom is -0.483 e. The van der Waals surface area contributed by atoms with E-state index in [0.29, 0.717) is 28.6 Å². The van der Waals surface area contributed by atoms with Crippen LogP contribution in [0.2, 0.25) is 0 Å². The van der Waals surface area contributed by atoms with E-state index in [1.165, 1.54) is 11.3 Å². The molecule has 1 aliphatic carbocycles. The van der Waals surface area contributed by atoms with Crippen molar-refractivity contribution in [1.82, 2.24) is 20.3 Å². The monoisotopic (exact) mass is 412 g/mol. The summed E-state index contributed by atoms with van der Waals surface area (Å²) in [4.78, 5) is 34.7. The minimum atomic E-state index is -0.619. The molecule has 8 nitrogen and oxygen atoms in total. The van der Waals surface area contributed by atoms with E-state index in [9.17, 15) is 9.90 Å². The second-order valence-electron chi connectivity index (χ2n) is 6.25. The number of thiazole rings is 1. The lowest BCUT2D eigenvalue weighted by Gasteiger charge is -2.17. The first-order chi connectivity index (χ1) is 14.1. The fourth-order valence-corrected chi connectivity index (χ4v) is 4.23. The van der Waals surface area contributed by atoms with Crippen molar-refractivity contribution in [2.75, 3.05) is 0 Å². The molecule has 4 rings (SSSR count). The lowest BCUT2D eigenvalue weighted by molar-refractivity contribution is -0.122. The average molecular weight is 412 g/mol. The first-order valence-electron chi connectivity index (χ1n) is 9.00. The summed E-state index contributed by atoms with van der Waals surface area (Å²) in [6, 6.07) is 9.14. The molecular weight excluding hydrogens is 392 g/mol. The Hall–Kier alpha value is -3.17. The Labute approximate surface area is 171 Å². The van der Waals surface area contributed by atoms with Crippen LogP contribution in [0.3, 0.4) is 0 Å². The number of aliphatic hydroxyl groups is 1. The van der Waals surface area contributed by atoms with Crippen LogP contribution in [-0.4, -0.2) is 43.6 Å². The van der Waals surface area contributed by atoms with Crippen LogP contribution in [0.5, 0.6) is 0 Å². The van der Waals surface area contributed by atoms with Crippen molar-refractivity contribution in [3.63, 3.8) is 0 Å². The zero-order valence-corrected chi connectivity index (χ0v) is 16.5. The number of hydrogen-bond donors (Lipinski definition) is 3. The van der Waals surface area contributed by atoms with E-state index in [4.69, 9.17) is 9.90 Å². The third-order valence-corrected chi connectivity index (χ3v) is 5.58. The van der Waals surface area contributed by atoms with Crippen molar-refractivity contribution in [1.29, 1.82) is 0 Å². The predicted molar refractivity (Wildman–Crippen MR) is 108 cm³/mol. The number of aryl methyl sites for hydroxylation is 1. The average Bonchev–Trinajstić information content (AvgIpc) is 3.31. The Morgan fingerprint density at radius 2 is 1.97 bits per heavy atom. The van der Waals surface area contributed by atoms with Crippen LogP contribution in [0.4, 0.5) is 0 Å². The van der Waals surface area contributed by atoms with Gasteiger partial charge < -0.3 is 15.5 Å². The highest BCUT2D eigenvalue weighted by molar-refractivity contribution is 7.17. The first kappa shape index (κ1) is 20.6. The number of amides is 1. The van der Waals surface area contributed by atoms with Crippen LogP contribution in [0.1, 0.15) is 39.5 Å². The summed E-state index contributed by atoms with van der Waals surface area (Å²) in [5.41, 5.74) is 2.77. The molecule has 2 aromatic heterocycles. The highest BCUT2D eigenvalue weighted by Crippen LogP contribution is 2.32. The van der Waals surface area contributed by atoms with Gasteiger partial charge >= 0.3 is 0 Å². The second-order valence-corrected chi connectivity index (χ2v) is 7.25. The van der Waals surface area contributed by atoms with Gasteiger partial charge in [-0.1, -0.05) is 31.2 Å². The number of carboxylic acid groups (broad SMARTS) is 1. The summed E-state index contributed by atoms with van der Waals surface area (Å²) in [5, 5.41) is 20.9. The highest BCUT2D eigenvalue weighted by atomic mass is 32.1. The first-order valence-corrected chi connectivity index (χ1v) is 9.82. The molecule has 0 fully saturated rings. The van der Waals surface area contributed by atoms with Gasteiger partial charge in [-0.25, -0.2) is 15.0 Å². The maximum atomic E-state index is 12.9. The summed E-state index contributed by atoms with van der Waals surface area (Å²) >= 11 is 1.28. The van der Waals surface area contributed by atoms with E-state index in [0.717, 1.165) is 16.8 Å². The van der Waals surface area contributed by atoms with Gasteiger partial charge in [0.15, 0.2) is 10.8 Å². The van der Waals surface area contributed by atoms with Gasteiger partial charge in [-0.2, -0.15) is 0 Å². The third kappa shape index (κ3) is 4.47. The Balaban J connectivity index is 0.000000755. The quantitative estimate of drug-likeness (QED) is 0.561. The van der Waals surface area contributed by atoms with Gasteiger partial charge in [0.2, 0.25) is 0 Å². The zero-order valence-electron chi connectivity index (χ0n) is 15.6. The van der Waals surface area contributed by atoms with E-state index >= 15 is 0 Å². The number of carbonyl (C=O) groups excluding carboxylic acids is 1. The van der Waals surface area contributed by atoms with Crippen molar-refractivity contribution in [3.8, 4) is 10.8 Å². The third-order valence-electron chi connectivity index (χ3n) is 4.49. The number of aliphatic hydroxyl groups excluding tert-OH is 1. The Morgan fingerprint density at radius 3 is 2.66 bits per heavy atom. The van der Waals surface area contributed by atoms with Crippen LogP contribution in [0.25, 0.3) is 10.8 Å². The Morgan fingerprint density at radius 1 is 1.28 bits per heavy atom. The van der Waals surface area contributed by atoms with Crippen molar-refractivity contribution in [2.24, 2.45) is 0 Å². The highest BCUT2D eigenvalue weighted by Gasteiger charge is 2.33. The van der Waals surface area contributed by atoms with Gasteiger partial charge in [0, 0.05) is 18.8 Å². The number of benzene rings is 1. The molecule has 0 bridgehead atoms. The summed E-state index contributed by atoms with van der Waals surface area (Å²) in [5.74, 6) is 0.291. The number of carbonyl (C=O) groups is 2. The van der Waals surface area contributed by atoms with Crippen LogP contribution >= 0.6 is 11.3 Å². The fourth-order valence-electron chi connectivity index (χ4n) is 3.23. The molecule has 150 valence electrons. The molecule has 3 N–H and O–H groups in total. The second kappa shape index (κ2) is 9.35. The van der Waals surface area contributed by atoms with Crippen LogP contribution in [-0.2, 0) is 17.6 Å². The summed E-state index contributed by atoms with van der Waals surface area (Å²) in [6.45, 7) is 1.71. The molecule has 3 aromatic rings. The van der Waals surface area contributed by atoms with Gasteiger partial charge in [0.05, 0.1) is 17.8 Å². The molecule has 2 atom stereocenters. The van der Waals surface area contributed by atoms with Crippen molar-refractivity contribution >= 4 is 23.7 Å². The predicted octanol–water partition coefficient (Wildman–Crippen LogP) is 2.25. The number of aromatic nitrogens is 3. The molecule has 2 heterocycles. The van der Waals surface area contributed by atoms with Crippen molar-refractivity contribution < 1.29 is 19.8 Å². The van der Waals surface area contributed by atoms with E-state index in [-0.39, 0.29) is 12.4 Å². The standard InChI is InChI=1S/C19H18N4O2S.CH2O2/c1-2-13-16(26-19(22-13)17-20-8-5-9-21-17)18(25)23-15-12-7-4-3-6-11(12)10-14(15)24;2-1-3/h3-9,14-15,24H,2,10H2,1H3,(H,23,25);1H,(H,2,3)/t14-,15+;/m0./s1. The number of hydrogen-bond acceptors (Lipinski definition) is 7. The van der Waals surface area contributed by atoms with Crippen molar-refractivity contribution in [2.45, 2.75) is 31.9 Å². The smallest absolute Gasteiger partial charge is 0.290 e. The molecule has 0 aliphatic heterocycles. The van der Waals surface area contributed by atoms with Gasteiger partial charge in [-0.15, -0.1) is 11.3 Å². The Kier molecular flexibility index (Phi) is 6.63. The van der Waals surface area contributed by atoms with Crippen LogP contribution < -0.4 is 5.32 Å². The molecule has 1 aromatic carbocycles. The van der Waals surface area contributed by atoms with E-state index < -0.39 is 12.1 Å². The topological polar surface area (TPSA) is 125 Å². The molecular formula is C20H20N4O4S. The SMILES string of the molecule is CCc1nc(-c2ncccn2)sc1C(=O)N[C@@H]1c2ccccc2C[C@@H]1O.O=CO. The molecule has 0 saturated carbocycles. The van der Waals surface area contributed by atoms with Crippen LogP contribution in [0, 0.1) is 0 Å². The van der Waals surface area contributed by atoms with Gasteiger partial charge in [0.1, 0.15) is 4.88 Å². The summed E-state index contributed by atoms with van der Waals surface area (Å²) < 4.78 is 0. The molecule has 0 saturated heterocycles. The molecule has 0 spiro atoms. The summed E-state index contributed by atoms with van der Waals surface area (Å²) in [7, 11) is 0. The lowest BCUT2D eigenvalue weighted by Crippen LogP contribution is -2.33. The Bertz CT molecular complexity index is 993. The van der Waals surface area contributed by atoms with Gasteiger partial charge in [-0.05, 0) is 23.6 Å². The molecule has 0 radical (unpaired) electrons. The fraction of sp³-hybridized carbons (Fsp3) is 0.250. The number of rotatable bonds is 4. The van der Waals surface area contributed by atoms with Gasteiger partial charge in [-0.3, -0.25) is 9.59 Å². The van der Waals surface area contributed by atoms with Crippen LogP contribution in [0.15, 0.2) is 42.7 Å². The number of fused-ring (bicyclic) bond motifs is 1. The number of nitrogens with one attached hydrogen (secondary N) is 1. The zero-order chi connectivity index (χ0) is 20.8. The summed E-state index contributed by atoms with van der Waals surface area (Å²) in [6.07, 6.45) is 3.87. The molecule has 29 heavy (non-hydrogen) atoms.